The molecule has 0 aliphatic carbocycles. The van der Waals surface area contributed by atoms with Gasteiger partial charge < -0.3 is 9.32 Å². The van der Waals surface area contributed by atoms with Crippen molar-refractivity contribution in [2.45, 2.75) is 25.8 Å². The first-order valence-electron chi connectivity index (χ1n) is 5.00. The van der Waals surface area contributed by atoms with Gasteiger partial charge >= 0.3 is 0 Å². The second-order valence-corrected chi connectivity index (χ2v) is 3.87. The summed E-state index contributed by atoms with van der Waals surface area (Å²) in [6.45, 7) is 2.18. The van der Waals surface area contributed by atoms with Crippen LogP contribution in [-0.2, 0) is 16.0 Å². The van der Waals surface area contributed by atoms with Crippen LogP contribution in [0.2, 0.25) is 0 Å². The Morgan fingerprint density at radius 3 is 2.87 bits per heavy atom. The van der Waals surface area contributed by atoms with Gasteiger partial charge in [0.25, 0.3) is 0 Å². The number of Topliss-reactive ketones (excluding diaryl/α,β-unsaturated/α-hetero) is 1. The molecule has 4 heteroatoms. The van der Waals surface area contributed by atoms with Crippen LogP contribution in [0.3, 0.4) is 0 Å². The van der Waals surface area contributed by atoms with E-state index in [1.54, 1.807) is 11.2 Å². The number of rotatable bonds is 3. The van der Waals surface area contributed by atoms with Crippen LogP contribution in [0.15, 0.2) is 22.8 Å². The van der Waals surface area contributed by atoms with E-state index in [0.29, 0.717) is 6.42 Å². The van der Waals surface area contributed by atoms with E-state index in [1.165, 1.54) is 0 Å². The molecule has 1 aromatic rings. The summed E-state index contributed by atoms with van der Waals surface area (Å²) in [4.78, 5) is 24.1. The van der Waals surface area contributed by atoms with Crippen LogP contribution in [0.4, 0.5) is 0 Å². The molecule has 1 fully saturated rings. The number of hydrogen-bond acceptors (Lipinski definition) is 3. The molecule has 1 saturated heterocycles. The Hall–Kier alpha value is -1.58. The van der Waals surface area contributed by atoms with Gasteiger partial charge in [-0.15, -0.1) is 0 Å². The van der Waals surface area contributed by atoms with E-state index in [2.05, 4.69) is 0 Å². The highest BCUT2D eigenvalue weighted by Gasteiger charge is 2.31. The third kappa shape index (κ3) is 2.09. The van der Waals surface area contributed by atoms with Crippen LogP contribution in [0.5, 0.6) is 0 Å². The maximum atomic E-state index is 11.4. The van der Waals surface area contributed by atoms with E-state index in [-0.39, 0.29) is 30.7 Å². The number of nitrogens with zero attached hydrogens (tertiary/aromatic N) is 1. The first-order chi connectivity index (χ1) is 7.16. The fourth-order valence-corrected chi connectivity index (χ4v) is 1.84. The van der Waals surface area contributed by atoms with Crippen molar-refractivity contribution in [3.63, 3.8) is 0 Å². The number of hydrogen-bond donors (Lipinski definition) is 0. The molecule has 1 atom stereocenters. The van der Waals surface area contributed by atoms with Gasteiger partial charge in [-0.2, -0.15) is 0 Å². The lowest BCUT2D eigenvalue weighted by atomic mass is 10.2. The fourth-order valence-electron chi connectivity index (χ4n) is 1.84. The van der Waals surface area contributed by atoms with Crippen molar-refractivity contribution < 1.29 is 14.0 Å². The van der Waals surface area contributed by atoms with Crippen LogP contribution in [0, 0.1) is 0 Å². The summed E-state index contributed by atoms with van der Waals surface area (Å²) in [6.07, 6.45) is 2.33. The van der Waals surface area contributed by atoms with E-state index in [4.69, 9.17) is 4.42 Å². The lowest BCUT2D eigenvalue weighted by Gasteiger charge is -2.22. The molecule has 80 valence electrons. The smallest absolute Gasteiger partial charge is 0.230 e. The van der Waals surface area contributed by atoms with Crippen LogP contribution < -0.4 is 0 Å². The molecule has 1 aliphatic heterocycles. The van der Waals surface area contributed by atoms with Crippen LogP contribution >= 0.6 is 0 Å². The quantitative estimate of drug-likeness (QED) is 0.695. The Kier molecular flexibility index (Phi) is 2.58. The largest absolute Gasteiger partial charge is 0.469 e. The van der Waals surface area contributed by atoms with Crippen molar-refractivity contribution in [2.24, 2.45) is 0 Å². The Bertz CT molecular complexity index is 369. The summed E-state index contributed by atoms with van der Waals surface area (Å²) in [7, 11) is 0. The molecule has 0 spiro atoms. The SMILES string of the molecule is CC(Cc1ccco1)N1CC(=O)CC1=O. The molecule has 1 unspecified atom stereocenters. The molecule has 0 radical (unpaired) electrons. The monoisotopic (exact) mass is 207 g/mol. The minimum absolute atomic E-state index is 0.00583. The molecule has 2 heterocycles. The second-order valence-electron chi connectivity index (χ2n) is 3.87. The average molecular weight is 207 g/mol. The van der Waals surface area contributed by atoms with Crippen molar-refractivity contribution in [3.8, 4) is 0 Å². The Morgan fingerprint density at radius 1 is 1.53 bits per heavy atom. The van der Waals surface area contributed by atoms with Crippen molar-refractivity contribution in [2.75, 3.05) is 6.54 Å². The van der Waals surface area contributed by atoms with Crippen LogP contribution in [0.1, 0.15) is 19.1 Å². The highest BCUT2D eigenvalue weighted by Crippen LogP contribution is 2.15. The van der Waals surface area contributed by atoms with E-state index < -0.39 is 0 Å². The van der Waals surface area contributed by atoms with Crippen molar-refractivity contribution in [1.82, 2.24) is 4.90 Å². The minimum atomic E-state index is -0.0703. The van der Waals surface area contributed by atoms with Gasteiger partial charge in [0.15, 0.2) is 5.78 Å². The lowest BCUT2D eigenvalue weighted by Crippen LogP contribution is -2.35. The van der Waals surface area contributed by atoms with Crippen LogP contribution in [-0.4, -0.2) is 29.2 Å². The standard InChI is InChI=1S/C11H13NO3/c1-8(5-10-3-2-4-15-10)12-7-9(13)6-11(12)14/h2-4,8H,5-7H2,1H3. The molecule has 1 aromatic heterocycles. The Labute approximate surface area is 87.9 Å². The van der Waals surface area contributed by atoms with Crippen molar-refractivity contribution >= 4 is 11.7 Å². The van der Waals surface area contributed by atoms with E-state index >= 15 is 0 Å². The van der Waals surface area contributed by atoms with Crippen LogP contribution in [0.25, 0.3) is 0 Å². The van der Waals surface area contributed by atoms with Gasteiger partial charge in [-0.3, -0.25) is 9.59 Å². The first-order valence-corrected chi connectivity index (χ1v) is 5.00. The number of ketones is 1. The molecular weight excluding hydrogens is 194 g/mol. The maximum absolute atomic E-state index is 11.4. The van der Waals surface area contributed by atoms with E-state index in [0.717, 1.165) is 5.76 Å². The molecule has 0 saturated carbocycles. The Morgan fingerprint density at radius 2 is 2.33 bits per heavy atom. The fraction of sp³-hybridized carbons (Fsp3) is 0.455. The zero-order valence-electron chi connectivity index (χ0n) is 8.60. The minimum Gasteiger partial charge on any atom is -0.469 e. The van der Waals surface area contributed by atoms with E-state index in [1.807, 2.05) is 19.1 Å². The third-order valence-electron chi connectivity index (χ3n) is 2.62. The molecule has 15 heavy (non-hydrogen) atoms. The summed E-state index contributed by atoms with van der Waals surface area (Å²) in [6, 6.07) is 3.72. The zero-order valence-corrected chi connectivity index (χ0v) is 8.60. The van der Waals surface area contributed by atoms with Gasteiger partial charge in [0.1, 0.15) is 5.76 Å². The lowest BCUT2D eigenvalue weighted by molar-refractivity contribution is -0.129. The highest BCUT2D eigenvalue weighted by molar-refractivity contribution is 6.05. The molecule has 1 amide bonds. The number of amides is 1. The highest BCUT2D eigenvalue weighted by atomic mass is 16.3. The predicted octanol–water partition coefficient (Wildman–Crippen LogP) is 1.01. The molecule has 0 N–H and O–H groups in total. The predicted molar refractivity (Wildman–Crippen MR) is 53.2 cm³/mol. The number of carbonyl (C=O) groups excluding carboxylic acids is 2. The van der Waals surface area contributed by atoms with Gasteiger partial charge in [-0.05, 0) is 19.1 Å². The molecule has 4 nitrogen and oxygen atoms in total. The number of likely N-dealkylation sites (tertiary alicyclic amines) is 1. The van der Waals surface area contributed by atoms with Gasteiger partial charge in [0.2, 0.25) is 5.91 Å². The van der Waals surface area contributed by atoms with Crippen molar-refractivity contribution in [3.05, 3.63) is 24.2 Å². The summed E-state index contributed by atoms with van der Waals surface area (Å²) < 4.78 is 5.20. The topological polar surface area (TPSA) is 50.5 Å². The van der Waals surface area contributed by atoms with E-state index in [9.17, 15) is 9.59 Å². The van der Waals surface area contributed by atoms with Gasteiger partial charge in [0.05, 0.1) is 19.2 Å². The summed E-state index contributed by atoms with van der Waals surface area (Å²) in [5.41, 5.74) is 0. The Balaban J connectivity index is 1.99. The second kappa shape index (κ2) is 3.88. The molecule has 0 aromatic carbocycles. The molecule has 1 aliphatic rings. The number of furan rings is 1. The van der Waals surface area contributed by atoms with Crippen molar-refractivity contribution in [1.29, 1.82) is 0 Å². The zero-order chi connectivity index (χ0) is 10.8. The van der Waals surface area contributed by atoms with Gasteiger partial charge in [0, 0.05) is 12.5 Å². The summed E-state index contributed by atoms with van der Waals surface area (Å²) in [5, 5.41) is 0. The normalized spacial score (nSPS) is 18.6. The molecule has 0 bridgehead atoms. The molecule has 2 rings (SSSR count). The third-order valence-corrected chi connectivity index (χ3v) is 2.62. The summed E-state index contributed by atoms with van der Waals surface area (Å²) >= 11 is 0. The van der Waals surface area contributed by atoms with Gasteiger partial charge in [-0.1, -0.05) is 0 Å². The molecular formula is C11H13NO3. The maximum Gasteiger partial charge on any atom is 0.230 e. The average Bonchev–Trinajstić information content (AvgIpc) is 2.75. The first kappa shape index (κ1) is 9.96. The van der Waals surface area contributed by atoms with Gasteiger partial charge in [-0.25, -0.2) is 0 Å². The number of carbonyl (C=O) groups is 2. The summed E-state index contributed by atoms with van der Waals surface area (Å²) in [5.74, 6) is 0.778.